The Hall–Kier alpha value is -2.09. The number of carbonyl (C=O) groups is 2. The van der Waals surface area contributed by atoms with E-state index in [1.165, 1.54) is 18.0 Å². The third-order valence-electron chi connectivity index (χ3n) is 3.56. The molecular weight excluding hydrogens is 411 g/mol. The largest absolute Gasteiger partial charge is 0.332 e. The molecule has 0 aliphatic heterocycles. The van der Waals surface area contributed by atoms with Crippen molar-refractivity contribution in [3.63, 3.8) is 0 Å². The molecule has 6 nitrogen and oxygen atoms in total. The molecule has 2 aromatic carbocycles. The molecule has 0 aliphatic carbocycles. The highest BCUT2D eigenvalue weighted by Crippen LogP contribution is 2.29. The minimum absolute atomic E-state index is 0.163. The van der Waals surface area contributed by atoms with Crippen molar-refractivity contribution >= 4 is 50.5 Å². The first kappa shape index (κ1) is 21.2. The van der Waals surface area contributed by atoms with Crippen molar-refractivity contribution in [2.24, 2.45) is 0 Å². The van der Waals surface area contributed by atoms with Gasteiger partial charge in [-0.25, -0.2) is 8.42 Å². The summed E-state index contributed by atoms with van der Waals surface area (Å²) in [5, 5.41) is 3.16. The molecule has 0 aromatic heterocycles. The maximum atomic E-state index is 12.5. The lowest BCUT2D eigenvalue weighted by molar-refractivity contribution is -0.116. The molecular formula is C18H18Cl2N2O4S. The van der Waals surface area contributed by atoms with E-state index in [1.54, 1.807) is 36.4 Å². The van der Waals surface area contributed by atoms with Crippen molar-refractivity contribution in [3.8, 4) is 0 Å². The van der Waals surface area contributed by atoms with Crippen molar-refractivity contribution in [3.05, 3.63) is 63.6 Å². The van der Waals surface area contributed by atoms with E-state index in [0.717, 1.165) is 6.26 Å². The van der Waals surface area contributed by atoms with Gasteiger partial charge in [-0.05, 0) is 29.8 Å². The fourth-order valence-corrected chi connectivity index (χ4v) is 3.68. The predicted octanol–water partition coefficient (Wildman–Crippen LogP) is 3.25. The van der Waals surface area contributed by atoms with Crippen LogP contribution in [0.25, 0.3) is 0 Å². The van der Waals surface area contributed by atoms with Crippen LogP contribution >= 0.6 is 23.2 Å². The smallest absolute Gasteiger partial charge is 0.254 e. The normalized spacial score (nSPS) is 11.1. The quantitative estimate of drug-likeness (QED) is 0.764. The molecule has 0 saturated heterocycles. The molecule has 0 saturated carbocycles. The van der Waals surface area contributed by atoms with Crippen LogP contribution in [0.1, 0.15) is 15.9 Å². The fraction of sp³-hybridized carbons (Fsp3) is 0.222. The summed E-state index contributed by atoms with van der Waals surface area (Å²) in [6, 6.07) is 11.1. The molecule has 2 rings (SSSR count). The number of nitrogens with zero attached hydrogens (tertiary/aromatic N) is 1. The average molecular weight is 429 g/mol. The lowest BCUT2D eigenvalue weighted by atomic mass is 10.1. The van der Waals surface area contributed by atoms with Crippen LogP contribution < -0.4 is 5.32 Å². The Bertz CT molecular complexity index is 957. The van der Waals surface area contributed by atoms with Crippen LogP contribution in [-0.2, 0) is 20.4 Å². The number of rotatable bonds is 6. The highest BCUT2D eigenvalue weighted by Gasteiger charge is 2.17. The first-order valence-electron chi connectivity index (χ1n) is 7.83. The first-order chi connectivity index (χ1) is 12.6. The summed E-state index contributed by atoms with van der Waals surface area (Å²) in [6.45, 7) is -0.226. The molecule has 0 atom stereocenters. The molecule has 0 heterocycles. The zero-order chi connectivity index (χ0) is 20.2. The molecule has 0 radical (unpaired) electrons. The van der Waals surface area contributed by atoms with E-state index in [0.29, 0.717) is 21.2 Å². The van der Waals surface area contributed by atoms with E-state index in [1.807, 2.05) is 0 Å². The number of likely N-dealkylation sites (N-methyl/N-ethyl adjacent to an activating group) is 1. The zero-order valence-electron chi connectivity index (χ0n) is 14.7. The van der Waals surface area contributed by atoms with Gasteiger partial charge in [0.2, 0.25) is 5.91 Å². The van der Waals surface area contributed by atoms with Crippen LogP contribution in [0.5, 0.6) is 0 Å². The van der Waals surface area contributed by atoms with Crippen molar-refractivity contribution < 1.29 is 18.0 Å². The number of halogens is 2. The third kappa shape index (κ3) is 6.23. The molecule has 0 bridgehead atoms. The second kappa shape index (κ2) is 8.73. The number of nitrogens with one attached hydrogen (secondary N) is 1. The fourth-order valence-electron chi connectivity index (χ4n) is 2.40. The molecule has 0 aliphatic rings. The maximum Gasteiger partial charge on any atom is 0.254 e. The number of carbonyl (C=O) groups excluding carboxylic acids is 2. The van der Waals surface area contributed by atoms with E-state index in [9.17, 15) is 18.0 Å². The van der Waals surface area contributed by atoms with E-state index in [2.05, 4.69) is 5.32 Å². The number of para-hydroxylation sites is 1. The van der Waals surface area contributed by atoms with Crippen LogP contribution in [0.2, 0.25) is 10.0 Å². The minimum Gasteiger partial charge on any atom is -0.332 e. The minimum atomic E-state index is -3.22. The van der Waals surface area contributed by atoms with Gasteiger partial charge in [-0.1, -0.05) is 41.4 Å². The Morgan fingerprint density at radius 1 is 1.07 bits per heavy atom. The van der Waals surface area contributed by atoms with E-state index in [-0.39, 0.29) is 18.0 Å². The van der Waals surface area contributed by atoms with E-state index in [4.69, 9.17) is 23.2 Å². The first-order valence-corrected chi connectivity index (χ1v) is 10.6. The topological polar surface area (TPSA) is 83.6 Å². The second-order valence-electron chi connectivity index (χ2n) is 6.08. The highest BCUT2D eigenvalue weighted by atomic mass is 35.5. The van der Waals surface area contributed by atoms with Crippen LogP contribution in [0.15, 0.2) is 42.5 Å². The molecule has 144 valence electrons. The summed E-state index contributed by atoms with van der Waals surface area (Å²) < 4.78 is 22.8. The molecule has 27 heavy (non-hydrogen) atoms. The Morgan fingerprint density at radius 3 is 2.26 bits per heavy atom. The summed E-state index contributed by atoms with van der Waals surface area (Å²) in [7, 11) is -1.74. The van der Waals surface area contributed by atoms with Crippen molar-refractivity contribution in [1.82, 2.24) is 4.90 Å². The Kier molecular flexibility index (Phi) is 6.86. The van der Waals surface area contributed by atoms with Gasteiger partial charge < -0.3 is 10.2 Å². The predicted molar refractivity (Wildman–Crippen MR) is 107 cm³/mol. The molecule has 9 heteroatoms. The van der Waals surface area contributed by atoms with Crippen LogP contribution in [0.3, 0.4) is 0 Å². The summed E-state index contributed by atoms with van der Waals surface area (Å²) in [5.74, 6) is -1.04. The van der Waals surface area contributed by atoms with Crippen molar-refractivity contribution in [1.29, 1.82) is 0 Å². The van der Waals surface area contributed by atoms with Gasteiger partial charge in [0.05, 0.1) is 28.0 Å². The molecule has 0 fully saturated rings. The molecule has 2 aromatic rings. The van der Waals surface area contributed by atoms with Gasteiger partial charge >= 0.3 is 0 Å². The lowest BCUT2D eigenvalue weighted by Crippen LogP contribution is -2.35. The van der Waals surface area contributed by atoms with Gasteiger partial charge in [0.15, 0.2) is 9.84 Å². The molecule has 0 unspecified atom stereocenters. The standard InChI is InChI=1S/C18H18Cl2N2O4S/c1-22(10-16(23)21-17-14(19)7-4-8-15(17)20)18(24)13-6-3-5-12(9-13)11-27(2,25)26/h3-9H,10-11H2,1-2H3,(H,21,23). The number of benzene rings is 2. The maximum absolute atomic E-state index is 12.5. The lowest BCUT2D eigenvalue weighted by Gasteiger charge is -2.18. The summed E-state index contributed by atoms with van der Waals surface area (Å²) in [5.41, 5.74) is 1.08. The van der Waals surface area contributed by atoms with E-state index >= 15 is 0 Å². The molecule has 0 spiro atoms. The SMILES string of the molecule is CN(CC(=O)Nc1c(Cl)cccc1Cl)C(=O)c1cccc(CS(C)(=O)=O)c1. The van der Waals surface area contributed by atoms with Crippen LogP contribution in [0, 0.1) is 0 Å². The number of sulfone groups is 1. The van der Waals surface area contributed by atoms with Crippen molar-refractivity contribution in [2.75, 3.05) is 25.2 Å². The Labute approximate surface area is 168 Å². The molecule has 2 amide bonds. The number of anilines is 1. The monoisotopic (exact) mass is 428 g/mol. The van der Waals surface area contributed by atoms with Gasteiger partial charge in [0, 0.05) is 18.9 Å². The van der Waals surface area contributed by atoms with Gasteiger partial charge in [-0.2, -0.15) is 0 Å². The Morgan fingerprint density at radius 2 is 1.67 bits per heavy atom. The van der Waals surface area contributed by atoms with E-state index < -0.39 is 21.7 Å². The van der Waals surface area contributed by atoms with Gasteiger partial charge in [-0.3, -0.25) is 9.59 Å². The Balaban J connectivity index is 2.07. The highest BCUT2D eigenvalue weighted by molar-refractivity contribution is 7.89. The van der Waals surface area contributed by atoms with Gasteiger partial charge in [0.1, 0.15) is 0 Å². The third-order valence-corrected chi connectivity index (χ3v) is 5.05. The number of hydrogen-bond donors (Lipinski definition) is 1. The number of amides is 2. The summed E-state index contributed by atoms with van der Waals surface area (Å²) in [4.78, 5) is 26.0. The van der Waals surface area contributed by atoms with Crippen LogP contribution in [0.4, 0.5) is 5.69 Å². The van der Waals surface area contributed by atoms with Crippen LogP contribution in [-0.4, -0.2) is 45.0 Å². The van der Waals surface area contributed by atoms with Gasteiger partial charge in [-0.15, -0.1) is 0 Å². The zero-order valence-corrected chi connectivity index (χ0v) is 17.0. The van der Waals surface area contributed by atoms with Gasteiger partial charge in [0.25, 0.3) is 5.91 Å². The van der Waals surface area contributed by atoms with Crippen molar-refractivity contribution in [2.45, 2.75) is 5.75 Å². The number of hydrogen-bond acceptors (Lipinski definition) is 4. The average Bonchev–Trinajstić information content (AvgIpc) is 2.56. The second-order valence-corrected chi connectivity index (χ2v) is 9.03. The summed E-state index contributed by atoms with van der Waals surface area (Å²) >= 11 is 12.0. The molecule has 1 N–H and O–H groups in total. The summed E-state index contributed by atoms with van der Waals surface area (Å²) in [6.07, 6.45) is 1.12.